The van der Waals surface area contributed by atoms with Crippen molar-refractivity contribution in [3.63, 3.8) is 0 Å². The highest BCUT2D eigenvalue weighted by Gasteiger charge is 2.20. The smallest absolute Gasteiger partial charge is 0.280 e. The SMILES string of the molecule is COc1ccc(-c2[nH]n(-c3ccc([N+](=O)[O-])cc3)c(=O)c2C(C)=NCCN2CCNCC2)cc1. The standard InChI is InChI=1S/C24H28N6O4/c1-17(26-13-16-28-14-11-25-12-15-28)22-23(18-3-9-21(34-2)10-4-18)27-29(24(22)31)19-5-7-20(8-6-19)30(32)33/h3-10,25,27H,11-16H2,1-2H3. The van der Waals surface area contributed by atoms with Crippen LogP contribution in [0, 0.1) is 10.1 Å². The average molecular weight is 465 g/mol. The summed E-state index contributed by atoms with van der Waals surface area (Å²) in [4.78, 5) is 31.1. The summed E-state index contributed by atoms with van der Waals surface area (Å²) in [6, 6.07) is 13.3. The third kappa shape index (κ3) is 5.08. The number of nitrogens with one attached hydrogen (secondary N) is 2. The molecule has 4 rings (SSSR count). The number of methoxy groups -OCH3 is 1. The zero-order chi connectivity index (χ0) is 24.1. The highest BCUT2D eigenvalue weighted by atomic mass is 16.6. The van der Waals surface area contributed by atoms with Crippen molar-refractivity contribution < 1.29 is 9.66 Å². The number of nitro benzene ring substituents is 1. The molecule has 34 heavy (non-hydrogen) atoms. The van der Waals surface area contributed by atoms with Crippen LogP contribution in [0.2, 0.25) is 0 Å². The number of nitro groups is 1. The van der Waals surface area contributed by atoms with E-state index < -0.39 is 4.92 Å². The summed E-state index contributed by atoms with van der Waals surface area (Å²) in [5.74, 6) is 0.712. The fourth-order valence-electron chi connectivity index (χ4n) is 4.02. The normalized spacial score (nSPS) is 14.8. The predicted octanol–water partition coefficient (Wildman–Crippen LogP) is 2.46. The number of non-ortho nitro benzene ring substituents is 1. The monoisotopic (exact) mass is 464 g/mol. The van der Waals surface area contributed by atoms with Gasteiger partial charge in [-0.3, -0.25) is 29.9 Å². The Labute approximate surface area is 197 Å². The molecule has 2 aromatic carbocycles. The minimum atomic E-state index is -0.468. The number of aromatic nitrogens is 2. The summed E-state index contributed by atoms with van der Waals surface area (Å²) in [5.41, 5.74) is 2.77. The van der Waals surface area contributed by atoms with Crippen molar-refractivity contribution >= 4 is 11.4 Å². The van der Waals surface area contributed by atoms with Crippen LogP contribution in [0.5, 0.6) is 5.75 Å². The molecule has 2 heterocycles. The van der Waals surface area contributed by atoms with Gasteiger partial charge in [-0.25, -0.2) is 4.68 Å². The number of benzene rings is 2. The van der Waals surface area contributed by atoms with E-state index in [-0.39, 0.29) is 11.2 Å². The Balaban J connectivity index is 1.70. The first-order valence-electron chi connectivity index (χ1n) is 11.2. The lowest BCUT2D eigenvalue weighted by atomic mass is 10.1. The number of rotatable bonds is 8. The molecule has 1 aliphatic heterocycles. The van der Waals surface area contributed by atoms with Crippen LogP contribution in [0.1, 0.15) is 12.5 Å². The summed E-state index contributed by atoms with van der Waals surface area (Å²) in [6.45, 7) is 7.19. The van der Waals surface area contributed by atoms with Crippen molar-refractivity contribution in [2.24, 2.45) is 4.99 Å². The van der Waals surface area contributed by atoms with Gasteiger partial charge in [0.15, 0.2) is 0 Å². The Hall–Kier alpha value is -3.76. The number of nitrogens with zero attached hydrogens (tertiary/aromatic N) is 4. The van der Waals surface area contributed by atoms with Crippen LogP contribution in [0.25, 0.3) is 16.9 Å². The molecular weight excluding hydrogens is 436 g/mol. The van der Waals surface area contributed by atoms with Gasteiger partial charge < -0.3 is 10.1 Å². The van der Waals surface area contributed by atoms with E-state index in [9.17, 15) is 14.9 Å². The van der Waals surface area contributed by atoms with Gasteiger partial charge in [0.2, 0.25) is 0 Å². The molecule has 0 aliphatic carbocycles. The van der Waals surface area contributed by atoms with Crippen molar-refractivity contribution in [1.82, 2.24) is 20.0 Å². The van der Waals surface area contributed by atoms with Crippen LogP contribution < -0.4 is 15.6 Å². The number of piperazine rings is 1. The van der Waals surface area contributed by atoms with Crippen LogP contribution in [-0.4, -0.2) is 71.7 Å². The summed E-state index contributed by atoms with van der Waals surface area (Å²) in [6.07, 6.45) is 0. The van der Waals surface area contributed by atoms with Gasteiger partial charge in [-0.15, -0.1) is 0 Å². The van der Waals surface area contributed by atoms with E-state index in [1.807, 2.05) is 31.2 Å². The molecule has 1 aliphatic rings. The molecule has 0 spiro atoms. The van der Waals surface area contributed by atoms with E-state index in [4.69, 9.17) is 9.73 Å². The lowest BCUT2D eigenvalue weighted by molar-refractivity contribution is -0.384. The molecule has 10 nitrogen and oxygen atoms in total. The molecule has 1 fully saturated rings. The lowest BCUT2D eigenvalue weighted by Gasteiger charge is -2.26. The molecule has 1 saturated heterocycles. The van der Waals surface area contributed by atoms with Gasteiger partial charge in [0.1, 0.15) is 5.75 Å². The second-order valence-electron chi connectivity index (χ2n) is 8.06. The van der Waals surface area contributed by atoms with E-state index in [1.54, 1.807) is 19.2 Å². The van der Waals surface area contributed by atoms with Gasteiger partial charge in [0.25, 0.3) is 11.2 Å². The first-order chi connectivity index (χ1) is 16.5. The fraction of sp³-hybridized carbons (Fsp3) is 0.333. The van der Waals surface area contributed by atoms with Crippen molar-refractivity contribution in [1.29, 1.82) is 0 Å². The van der Waals surface area contributed by atoms with E-state index in [1.165, 1.54) is 16.8 Å². The number of hydrogen-bond acceptors (Lipinski definition) is 7. The van der Waals surface area contributed by atoms with Crippen LogP contribution in [-0.2, 0) is 0 Å². The minimum Gasteiger partial charge on any atom is -0.497 e. The molecule has 0 amide bonds. The number of aliphatic imine (C=N–C) groups is 1. The molecule has 3 aromatic rings. The maximum atomic E-state index is 13.5. The summed E-state index contributed by atoms with van der Waals surface area (Å²) < 4.78 is 6.65. The Kier molecular flexibility index (Phi) is 7.19. The van der Waals surface area contributed by atoms with Gasteiger partial charge in [0.05, 0.1) is 35.5 Å². The number of H-pyrrole nitrogens is 1. The third-order valence-electron chi connectivity index (χ3n) is 5.92. The highest BCUT2D eigenvalue weighted by molar-refractivity contribution is 6.03. The lowest BCUT2D eigenvalue weighted by Crippen LogP contribution is -2.44. The molecule has 0 atom stereocenters. The second kappa shape index (κ2) is 10.4. The van der Waals surface area contributed by atoms with Crippen LogP contribution >= 0.6 is 0 Å². The predicted molar refractivity (Wildman–Crippen MR) is 131 cm³/mol. The molecule has 0 saturated carbocycles. The second-order valence-corrected chi connectivity index (χ2v) is 8.06. The molecule has 1 aromatic heterocycles. The molecule has 0 radical (unpaired) electrons. The molecule has 2 N–H and O–H groups in total. The highest BCUT2D eigenvalue weighted by Crippen LogP contribution is 2.24. The van der Waals surface area contributed by atoms with Crippen molar-refractivity contribution in [2.45, 2.75) is 6.92 Å². The molecule has 0 bridgehead atoms. The summed E-state index contributed by atoms with van der Waals surface area (Å²) >= 11 is 0. The topological polar surface area (TPSA) is 118 Å². The van der Waals surface area contributed by atoms with Gasteiger partial charge >= 0.3 is 0 Å². The van der Waals surface area contributed by atoms with Gasteiger partial charge in [0, 0.05) is 56.1 Å². The van der Waals surface area contributed by atoms with E-state index in [2.05, 4.69) is 15.3 Å². The Morgan fingerprint density at radius 1 is 1.12 bits per heavy atom. The van der Waals surface area contributed by atoms with E-state index in [0.717, 1.165) is 38.3 Å². The summed E-state index contributed by atoms with van der Waals surface area (Å²) in [7, 11) is 1.60. The Bertz CT molecular complexity index is 1220. The maximum Gasteiger partial charge on any atom is 0.280 e. The van der Waals surface area contributed by atoms with E-state index in [0.29, 0.717) is 35.0 Å². The van der Waals surface area contributed by atoms with Crippen molar-refractivity contribution in [3.05, 3.63) is 74.6 Å². The van der Waals surface area contributed by atoms with Gasteiger partial charge in [-0.1, -0.05) is 0 Å². The number of ether oxygens (including phenoxy) is 1. The Morgan fingerprint density at radius 2 is 1.79 bits per heavy atom. The Morgan fingerprint density at radius 3 is 2.41 bits per heavy atom. The zero-order valence-electron chi connectivity index (χ0n) is 19.3. The molecule has 10 heteroatoms. The average Bonchev–Trinajstić information content (AvgIpc) is 3.21. The maximum absolute atomic E-state index is 13.5. The van der Waals surface area contributed by atoms with Gasteiger partial charge in [-0.2, -0.15) is 0 Å². The van der Waals surface area contributed by atoms with Crippen LogP contribution in [0.3, 0.4) is 0 Å². The van der Waals surface area contributed by atoms with Crippen LogP contribution in [0.4, 0.5) is 5.69 Å². The molecular formula is C24H28N6O4. The van der Waals surface area contributed by atoms with Crippen LogP contribution in [0.15, 0.2) is 58.3 Å². The van der Waals surface area contributed by atoms with Gasteiger partial charge in [-0.05, 0) is 43.3 Å². The fourth-order valence-corrected chi connectivity index (χ4v) is 4.02. The largest absolute Gasteiger partial charge is 0.497 e. The molecule has 0 unspecified atom stereocenters. The summed E-state index contributed by atoms with van der Waals surface area (Å²) in [5, 5.41) is 17.5. The third-order valence-corrected chi connectivity index (χ3v) is 5.92. The van der Waals surface area contributed by atoms with Crippen molar-refractivity contribution in [3.8, 4) is 22.7 Å². The number of hydrogen-bond donors (Lipinski definition) is 2. The van der Waals surface area contributed by atoms with E-state index >= 15 is 0 Å². The quantitative estimate of drug-likeness (QED) is 0.300. The van der Waals surface area contributed by atoms with Crippen molar-refractivity contribution in [2.75, 3.05) is 46.4 Å². The first-order valence-corrected chi connectivity index (χ1v) is 11.2. The number of aromatic amines is 1. The minimum absolute atomic E-state index is 0.0374. The molecule has 178 valence electrons. The first kappa shape index (κ1) is 23.4. The zero-order valence-corrected chi connectivity index (χ0v) is 19.3.